The molecule has 0 spiro atoms. The van der Waals surface area contributed by atoms with Crippen LogP contribution in [0.4, 0.5) is 4.39 Å². The van der Waals surface area contributed by atoms with Gasteiger partial charge in [0.05, 0.1) is 20.3 Å². The number of methoxy groups -OCH3 is 2. The van der Waals surface area contributed by atoms with E-state index in [0.29, 0.717) is 41.7 Å². The first-order chi connectivity index (χ1) is 17.0. The molecule has 35 heavy (non-hydrogen) atoms. The summed E-state index contributed by atoms with van der Waals surface area (Å²) in [6.45, 7) is 2.24. The van der Waals surface area contributed by atoms with Gasteiger partial charge in [-0.1, -0.05) is 41.6 Å². The molecule has 0 N–H and O–H groups in total. The van der Waals surface area contributed by atoms with Gasteiger partial charge in [-0.2, -0.15) is 4.98 Å². The molecule has 0 saturated heterocycles. The molecule has 4 rings (SSSR count). The number of amides is 1. The summed E-state index contributed by atoms with van der Waals surface area (Å²) >= 11 is 0. The molecule has 0 aliphatic heterocycles. The van der Waals surface area contributed by atoms with Crippen molar-refractivity contribution in [2.75, 3.05) is 20.8 Å². The first-order valence-corrected chi connectivity index (χ1v) is 11.2. The normalized spacial score (nSPS) is 11.7. The number of ether oxygens (including phenoxy) is 2. The van der Waals surface area contributed by atoms with Crippen LogP contribution in [-0.2, 0) is 6.42 Å². The smallest absolute Gasteiger partial charge is 0.254 e. The van der Waals surface area contributed by atoms with Crippen molar-refractivity contribution in [1.29, 1.82) is 0 Å². The molecule has 0 aliphatic carbocycles. The van der Waals surface area contributed by atoms with Gasteiger partial charge in [0.1, 0.15) is 5.82 Å². The maximum Gasteiger partial charge on any atom is 0.254 e. The zero-order valence-electron chi connectivity index (χ0n) is 19.8. The summed E-state index contributed by atoms with van der Waals surface area (Å²) in [4.78, 5) is 19.5. The standard InChI is InChI=1S/C27H26FN3O4/c1-18(19-8-5-4-6-9-19)31(27(32)21-10-7-11-22(28)16-21)15-14-25-29-26(30-35-25)20-12-13-23(33-2)24(17-20)34-3/h4-13,16-18H,14-15H2,1-3H3/t18-/m1/s1. The zero-order valence-corrected chi connectivity index (χ0v) is 19.8. The van der Waals surface area contributed by atoms with E-state index < -0.39 is 5.82 Å². The number of hydrogen-bond acceptors (Lipinski definition) is 6. The average Bonchev–Trinajstić information content (AvgIpc) is 3.37. The Balaban J connectivity index is 1.55. The van der Waals surface area contributed by atoms with E-state index in [9.17, 15) is 9.18 Å². The second-order valence-corrected chi connectivity index (χ2v) is 7.93. The number of carbonyl (C=O) groups excluding carboxylic acids is 1. The van der Waals surface area contributed by atoms with Gasteiger partial charge in [0.2, 0.25) is 11.7 Å². The minimum atomic E-state index is -0.459. The van der Waals surface area contributed by atoms with Crippen molar-refractivity contribution < 1.29 is 23.2 Å². The Labute approximate surface area is 203 Å². The Morgan fingerprint density at radius 1 is 1.00 bits per heavy atom. The SMILES string of the molecule is COc1ccc(-c2noc(CCN(C(=O)c3cccc(F)c3)[C@H](C)c3ccccc3)n2)cc1OC. The summed E-state index contributed by atoms with van der Waals surface area (Å²) in [6, 6.07) is 20.5. The largest absolute Gasteiger partial charge is 0.493 e. The molecule has 0 bridgehead atoms. The topological polar surface area (TPSA) is 77.7 Å². The first kappa shape index (κ1) is 23.9. The fraction of sp³-hybridized carbons (Fsp3) is 0.222. The Hall–Kier alpha value is -4.20. The van der Waals surface area contributed by atoms with Gasteiger partial charge in [-0.05, 0) is 48.9 Å². The molecule has 3 aromatic carbocycles. The number of carbonyl (C=O) groups is 1. The average molecular weight is 476 g/mol. The quantitative estimate of drug-likeness (QED) is 0.325. The van der Waals surface area contributed by atoms with E-state index in [-0.39, 0.29) is 17.5 Å². The molecule has 0 fully saturated rings. The number of aromatic nitrogens is 2. The van der Waals surface area contributed by atoms with E-state index in [0.717, 1.165) is 5.56 Å². The minimum absolute atomic E-state index is 0.250. The molecule has 1 atom stereocenters. The lowest BCUT2D eigenvalue weighted by molar-refractivity contribution is 0.0688. The number of hydrogen-bond donors (Lipinski definition) is 0. The van der Waals surface area contributed by atoms with Gasteiger partial charge >= 0.3 is 0 Å². The Kier molecular flexibility index (Phi) is 7.40. The molecule has 8 heteroatoms. The molecule has 0 unspecified atom stereocenters. The Morgan fingerprint density at radius 3 is 2.49 bits per heavy atom. The van der Waals surface area contributed by atoms with Crippen LogP contribution in [0.5, 0.6) is 11.5 Å². The van der Waals surface area contributed by atoms with E-state index in [1.807, 2.05) is 43.3 Å². The highest BCUT2D eigenvalue weighted by Gasteiger charge is 2.24. The van der Waals surface area contributed by atoms with Gasteiger partial charge in [-0.3, -0.25) is 4.79 Å². The molecule has 1 heterocycles. The second kappa shape index (κ2) is 10.8. The first-order valence-electron chi connectivity index (χ1n) is 11.2. The van der Waals surface area contributed by atoms with E-state index in [1.165, 1.54) is 18.2 Å². The predicted octanol–water partition coefficient (Wildman–Crippen LogP) is 5.34. The van der Waals surface area contributed by atoms with Crippen molar-refractivity contribution in [3.8, 4) is 22.9 Å². The maximum atomic E-state index is 13.8. The number of halogens is 1. The highest BCUT2D eigenvalue weighted by Crippen LogP contribution is 2.31. The third-order valence-electron chi connectivity index (χ3n) is 5.76. The summed E-state index contributed by atoms with van der Waals surface area (Å²) < 4.78 is 29.9. The second-order valence-electron chi connectivity index (χ2n) is 7.93. The molecule has 0 aliphatic rings. The fourth-order valence-corrected chi connectivity index (χ4v) is 3.83. The van der Waals surface area contributed by atoms with Crippen molar-refractivity contribution in [3.63, 3.8) is 0 Å². The molecular weight excluding hydrogens is 449 g/mol. The Morgan fingerprint density at radius 2 is 1.77 bits per heavy atom. The number of benzene rings is 3. The van der Waals surface area contributed by atoms with Crippen LogP contribution in [0.15, 0.2) is 77.3 Å². The summed E-state index contributed by atoms with van der Waals surface area (Å²) in [5, 5.41) is 4.08. The van der Waals surface area contributed by atoms with Gasteiger partial charge in [-0.15, -0.1) is 0 Å². The summed E-state index contributed by atoms with van der Waals surface area (Å²) in [5.74, 6) is 1.20. The van der Waals surface area contributed by atoms with Gasteiger partial charge in [0.15, 0.2) is 11.5 Å². The minimum Gasteiger partial charge on any atom is -0.493 e. The third-order valence-corrected chi connectivity index (χ3v) is 5.76. The van der Waals surface area contributed by atoms with E-state index in [4.69, 9.17) is 14.0 Å². The van der Waals surface area contributed by atoms with Crippen molar-refractivity contribution in [3.05, 3.63) is 95.6 Å². The van der Waals surface area contributed by atoms with Gasteiger partial charge in [-0.25, -0.2) is 4.39 Å². The Bertz CT molecular complexity index is 1290. The fourth-order valence-electron chi connectivity index (χ4n) is 3.83. The molecule has 180 valence electrons. The maximum absolute atomic E-state index is 13.8. The van der Waals surface area contributed by atoms with E-state index >= 15 is 0 Å². The monoisotopic (exact) mass is 475 g/mol. The lowest BCUT2D eigenvalue weighted by Gasteiger charge is -2.29. The van der Waals surface area contributed by atoms with Crippen LogP contribution < -0.4 is 9.47 Å². The van der Waals surface area contributed by atoms with Gasteiger partial charge in [0, 0.05) is 24.1 Å². The van der Waals surface area contributed by atoms with Crippen LogP contribution in [0.1, 0.15) is 34.8 Å². The lowest BCUT2D eigenvalue weighted by Crippen LogP contribution is -2.35. The highest BCUT2D eigenvalue weighted by molar-refractivity contribution is 5.94. The molecule has 0 saturated carbocycles. The summed E-state index contributed by atoms with van der Waals surface area (Å²) in [7, 11) is 3.12. The van der Waals surface area contributed by atoms with Crippen molar-refractivity contribution >= 4 is 5.91 Å². The van der Waals surface area contributed by atoms with Crippen LogP contribution in [0.3, 0.4) is 0 Å². The number of nitrogens with zero attached hydrogens (tertiary/aromatic N) is 3. The predicted molar refractivity (Wildman–Crippen MR) is 129 cm³/mol. The van der Waals surface area contributed by atoms with Crippen molar-refractivity contribution in [2.45, 2.75) is 19.4 Å². The van der Waals surface area contributed by atoms with Gasteiger partial charge in [0.25, 0.3) is 5.91 Å². The highest BCUT2D eigenvalue weighted by atomic mass is 19.1. The molecule has 0 radical (unpaired) electrons. The van der Waals surface area contributed by atoms with Crippen LogP contribution >= 0.6 is 0 Å². The summed E-state index contributed by atoms with van der Waals surface area (Å²) in [5.41, 5.74) is 1.96. The third kappa shape index (κ3) is 5.48. The van der Waals surface area contributed by atoms with Crippen molar-refractivity contribution in [1.82, 2.24) is 15.0 Å². The van der Waals surface area contributed by atoms with Crippen LogP contribution in [0, 0.1) is 5.82 Å². The molecule has 4 aromatic rings. The molecule has 7 nitrogen and oxygen atoms in total. The van der Waals surface area contributed by atoms with Crippen LogP contribution in [0.25, 0.3) is 11.4 Å². The molecule has 1 aromatic heterocycles. The van der Waals surface area contributed by atoms with Gasteiger partial charge < -0.3 is 18.9 Å². The van der Waals surface area contributed by atoms with E-state index in [1.54, 1.807) is 37.3 Å². The molecule has 1 amide bonds. The molecular formula is C27H26FN3O4. The van der Waals surface area contributed by atoms with Crippen LogP contribution in [-0.4, -0.2) is 41.7 Å². The lowest BCUT2D eigenvalue weighted by atomic mass is 10.0. The van der Waals surface area contributed by atoms with Crippen LogP contribution in [0.2, 0.25) is 0 Å². The zero-order chi connectivity index (χ0) is 24.8. The van der Waals surface area contributed by atoms with E-state index in [2.05, 4.69) is 10.1 Å². The number of rotatable bonds is 9. The van der Waals surface area contributed by atoms with Crippen molar-refractivity contribution in [2.24, 2.45) is 0 Å². The summed E-state index contributed by atoms with van der Waals surface area (Å²) in [6.07, 6.45) is 0.332.